The Morgan fingerprint density at radius 3 is 2.52 bits per heavy atom. The smallest absolute Gasteiger partial charge is 0.338 e. The number of hydrogen-bond acceptors (Lipinski definition) is 5. The first kappa shape index (κ1) is 19.8. The van der Waals surface area contributed by atoms with Crippen molar-refractivity contribution in [2.24, 2.45) is 0 Å². The molecule has 1 atom stereocenters. The maximum absolute atomic E-state index is 13.2. The van der Waals surface area contributed by atoms with E-state index in [1.807, 2.05) is 35.7 Å². The number of esters is 1. The molecule has 1 saturated heterocycles. The largest absolute Gasteiger partial charge is 0.449 e. The number of carbonyl (C=O) groups is 2. The summed E-state index contributed by atoms with van der Waals surface area (Å²) in [5.41, 5.74) is 1.89. The maximum Gasteiger partial charge on any atom is 0.338 e. The van der Waals surface area contributed by atoms with Crippen LogP contribution in [0.4, 0.5) is 10.1 Å². The van der Waals surface area contributed by atoms with Crippen LogP contribution in [0.2, 0.25) is 0 Å². The van der Waals surface area contributed by atoms with Crippen molar-refractivity contribution in [3.05, 3.63) is 65.5 Å². The van der Waals surface area contributed by atoms with Gasteiger partial charge in [-0.2, -0.15) is 0 Å². The molecule has 0 radical (unpaired) electrons. The Morgan fingerprint density at radius 1 is 1.15 bits per heavy atom. The molecule has 2 aromatic carbocycles. The summed E-state index contributed by atoms with van der Waals surface area (Å²) in [7, 11) is 0. The third-order valence-electron chi connectivity index (χ3n) is 3.99. The summed E-state index contributed by atoms with van der Waals surface area (Å²) in [4.78, 5) is 24.4. The van der Waals surface area contributed by atoms with Gasteiger partial charge in [-0.15, -0.1) is 23.5 Å². The predicted octanol–water partition coefficient (Wildman–Crippen LogP) is 4.88. The summed E-state index contributed by atoms with van der Waals surface area (Å²) in [6.45, 7) is 1.48. The third kappa shape index (κ3) is 5.49. The van der Waals surface area contributed by atoms with Crippen molar-refractivity contribution in [2.45, 2.75) is 24.0 Å². The lowest BCUT2D eigenvalue weighted by atomic mass is 10.1. The molecule has 0 aromatic heterocycles. The fourth-order valence-corrected chi connectivity index (χ4v) is 5.44. The minimum atomic E-state index is -0.995. The number of amides is 1. The van der Waals surface area contributed by atoms with Crippen LogP contribution in [0.3, 0.4) is 0 Å². The predicted molar refractivity (Wildman–Crippen MR) is 109 cm³/mol. The zero-order valence-electron chi connectivity index (χ0n) is 14.8. The van der Waals surface area contributed by atoms with Gasteiger partial charge >= 0.3 is 5.97 Å². The molecule has 4 nitrogen and oxygen atoms in total. The van der Waals surface area contributed by atoms with Gasteiger partial charge in [0.15, 0.2) is 6.10 Å². The number of carbonyl (C=O) groups excluding carboxylic acids is 2. The van der Waals surface area contributed by atoms with E-state index in [-0.39, 0.29) is 0 Å². The highest BCUT2D eigenvalue weighted by Gasteiger charge is 2.20. The van der Waals surface area contributed by atoms with Gasteiger partial charge in [0, 0.05) is 5.69 Å². The topological polar surface area (TPSA) is 55.4 Å². The summed E-state index contributed by atoms with van der Waals surface area (Å²) >= 11 is 3.83. The lowest BCUT2D eigenvalue weighted by Gasteiger charge is -2.21. The van der Waals surface area contributed by atoms with Gasteiger partial charge < -0.3 is 10.1 Å². The number of hydrogen-bond donors (Lipinski definition) is 1. The molecule has 2 aromatic rings. The van der Waals surface area contributed by atoms with Gasteiger partial charge in [-0.05, 0) is 60.7 Å². The van der Waals surface area contributed by atoms with Crippen molar-refractivity contribution >= 4 is 41.1 Å². The second-order valence-corrected chi connectivity index (χ2v) is 8.82. The molecule has 27 heavy (non-hydrogen) atoms. The van der Waals surface area contributed by atoms with Crippen LogP contribution in [0.15, 0.2) is 48.5 Å². The second-order valence-electron chi connectivity index (χ2n) is 6.10. The maximum atomic E-state index is 13.2. The lowest BCUT2D eigenvalue weighted by Crippen LogP contribution is -2.30. The van der Waals surface area contributed by atoms with E-state index < -0.39 is 23.8 Å². The Morgan fingerprint density at radius 2 is 1.85 bits per heavy atom. The standard InChI is InChI=1S/C20H20FNO3S2/c1-13(18(23)22-17-5-2-4-16(21)12-17)25-19(24)14-6-8-15(9-7-14)20-26-10-3-11-27-20/h2,4-9,12-13,20H,3,10-11H2,1H3,(H,22,23)/t13-/m1/s1. The number of nitrogens with one attached hydrogen (secondary N) is 1. The van der Waals surface area contributed by atoms with Crippen LogP contribution in [0.1, 0.15) is 33.8 Å². The molecule has 0 spiro atoms. The van der Waals surface area contributed by atoms with Gasteiger partial charge in [-0.1, -0.05) is 18.2 Å². The van der Waals surface area contributed by atoms with Crippen LogP contribution in [-0.2, 0) is 9.53 Å². The Balaban J connectivity index is 1.56. The monoisotopic (exact) mass is 405 g/mol. The fourth-order valence-electron chi connectivity index (χ4n) is 2.55. The van der Waals surface area contributed by atoms with E-state index in [0.29, 0.717) is 15.8 Å². The first-order chi connectivity index (χ1) is 13.0. The summed E-state index contributed by atoms with van der Waals surface area (Å²) in [6, 6.07) is 12.9. The number of thioether (sulfide) groups is 2. The zero-order chi connectivity index (χ0) is 19.2. The third-order valence-corrected chi connectivity index (χ3v) is 7.01. The first-order valence-corrected chi connectivity index (χ1v) is 10.7. The summed E-state index contributed by atoms with van der Waals surface area (Å²) in [6.07, 6.45) is 0.233. The average molecular weight is 406 g/mol. The first-order valence-electron chi connectivity index (χ1n) is 8.63. The molecule has 1 aliphatic heterocycles. The number of halogens is 1. The second kappa shape index (κ2) is 9.28. The molecule has 3 rings (SSSR count). The number of anilines is 1. The molecule has 142 valence electrons. The van der Waals surface area contributed by atoms with Gasteiger partial charge in [0.25, 0.3) is 5.91 Å². The normalized spacial score (nSPS) is 15.8. The minimum absolute atomic E-state index is 0.315. The van der Waals surface area contributed by atoms with Crippen LogP contribution in [0.25, 0.3) is 0 Å². The van der Waals surface area contributed by atoms with Gasteiger partial charge in [0.2, 0.25) is 0 Å². The molecule has 0 bridgehead atoms. The van der Waals surface area contributed by atoms with Crippen molar-refractivity contribution in [1.82, 2.24) is 0 Å². The molecule has 0 saturated carbocycles. The van der Waals surface area contributed by atoms with Gasteiger partial charge in [0.05, 0.1) is 10.1 Å². The Hall–Kier alpha value is -1.99. The van der Waals surface area contributed by atoms with E-state index in [1.54, 1.807) is 18.2 Å². The molecule has 1 amide bonds. The van der Waals surface area contributed by atoms with Gasteiger partial charge in [-0.3, -0.25) is 4.79 Å². The van der Waals surface area contributed by atoms with Gasteiger partial charge in [-0.25, -0.2) is 9.18 Å². The molecule has 1 fully saturated rings. The highest BCUT2D eigenvalue weighted by atomic mass is 32.2. The molecule has 1 aliphatic rings. The quantitative estimate of drug-likeness (QED) is 0.719. The van der Waals surface area contributed by atoms with Gasteiger partial charge in [0.1, 0.15) is 5.82 Å². The van der Waals surface area contributed by atoms with E-state index in [4.69, 9.17) is 4.74 Å². The van der Waals surface area contributed by atoms with E-state index in [2.05, 4.69) is 5.32 Å². The van der Waals surface area contributed by atoms with Crippen LogP contribution in [0.5, 0.6) is 0 Å². The number of ether oxygens (including phenoxy) is 1. The Kier molecular flexibility index (Phi) is 6.79. The highest BCUT2D eigenvalue weighted by Crippen LogP contribution is 2.43. The summed E-state index contributed by atoms with van der Waals surface area (Å²) < 4.78 is 18.8. The average Bonchev–Trinajstić information content (AvgIpc) is 2.68. The molecular formula is C20H20FNO3S2. The fraction of sp³-hybridized carbons (Fsp3) is 0.300. The van der Waals surface area contributed by atoms with Crippen LogP contribution < -0.4 is 5.32 Å². The van der Waals surface area contributed by atoms with Crippen LogP contribution in [0, 0.1) is 5.82 Å². The summed E-state index contributed by atoms with van der Waals surface area (Å²) in [5.74, 6) is 0.776. The zero-order valence-corrected chi connectivity index (χ0v) is 16.4. The lowest BCUT2D eigenvalue weighted by molar-refractivity contribution is -0.123. The number of rotatable bonds is 5. The molecular weight excluding hydrogens is 385 g/mol. The summed E-state index contributed by atoms with van der Waals surface area (Å²) in [5, 5.41) is 2.53. The molecule has 0 aliphatic carbocycles. The Labute approximate surface area is 166 Å². The molecule has 0 unspecified atom stereocenters. The minimum Gasteiger partial charge on any atom is -0.449 e. The van der Waals surface area contributed by atoms with Crippen molar-refractivity contribution < 1.29 is 18.7 Å². The van der Waals surface area contributed by atoms with Crippen molar-refractivity contribution in [1.29, 1.82) is 0 Å². The van der Waals surface area contributed by atoms with Crippen molar-refractivity contribution in [3.63, 3.8) is 0 Å². The van der Waals surface area contributed by atoms with E-state index in [0.717, 1.165) is 11.5 Å². The Bertz CT molecular complexity index is 807. The van der Waals surface area contributed by atoms with Crippen molar-refractivity contribution in [2.75, 3.05) is 16.8 Å². The molecule has 1 N–H and O–H groups in total. The highest BCUT2D eigenvalue weighted by molar-refractivity contribution is 8.16. The van der Waals surface area contributed by atoms with Crippen LogP contribution >= 0.6 is 23.5 Å². The van der Waals surface area contributed by atoms with E-state index >= 15 is 0 Å². The van der Waals surface area contributed by atoms with Crippen LogP contribution in [-0.4, -0.2) is 29.5 Å². The SMILES string of the molecule is C[C@@H](OC(=O)c1ccc(C2SCCCS2)cc1)C(=O)Nc1cccc(F)c1. The number of benzene rings is 2. The van der Waals surface area contributed by atoms with Crippen molar-refractivity contribution in [3.8, 4) is 0 Å². The van der Waals surface area contributed by atoms with E-state index in [9.17, 15) is 14.0 Å². The van der Waals surface area contributed by atoms with E-state index in [1.165, 1.54) is 37.1 Å². The molecule has 1 heterocycles. The molecule has 7 heteroatoms.